The topological polar surface area (TPSA) is 46.6 Å². The van der Waals surface area contributed by atoms with Crippen molar-refractivity contribution in [2.45, 2.75) is 53.4 Å². The van der Waals surface area contributed by atoms with E-state index in [1.807, 2.05) is 49.7 Å². The molecule has 1 fully saturated rings. The van der Waals surface area contributed by atoms with E-state index >= 15 is 0 Å². The van der Waals surface area contributed by atoms with E-state index < -0.39 is 5.97 Å². The number of hydrogen-bond donors (Lipinski definition) is 0. The van der Waals surface area contributed by atoms with Crippen LogP contribution in [0, 0.1) is 29.1 Å². The Labute approximate surface area is 174 Å². The zero-order valence-electron chi connectivity index (χ0n) is 16.0. The van der Waals surface area contributed by atoms with E-state index in [1.54, 1.807) is 3.11 Å². The number of ether oxygens (including phenoxy) is 1. The molecule has 1 saturated carbocycles. The lowest BCUT2D eigenvalue weighted by molar-refractivity contribution is -0.121. The van der Waals surface area contributed by atoms with Gasteiger partial charge < -0.3 is 4.74 Å². The second-order valence-corrected chi connectivity index (χ2v) is 9.91. The Hall–Kier alpha value is -1.07. The number of anilines is 1. The standard InChI is InChI=1S/C20H26INO3S/c1-13-6-8-14(9-7-13)18(23)22(21)16-12-15(10-11-20(2,3)4)26-17(16)19(24)25-5/h12-14H,6-9H2,1-5H3/t13-,14-. The minimum absolute atomic E-state index is 0.0256. The van der Waals surface area contributed by atoms with E-state index in [0.29, 0.717) is 16.5 Å². The number of thiophene rings is 1. The molecule has 26 heavy (non-hydrogen) atoms. The van der Waals surface area contributed by atoms with Crippen molar-refractivity contribution in [1.82, 2.24) is 0 Å². The van der Waals surface area contributed by atoms with Gasteiger partial charge in [-0.05, 0) is 58.4 Å². The normalized spacial score (nSPS) is 20.1. The van der Waals surface area contributed by atoms with Crippen LogP contribution in [0.4, 0.5) is 5.69 Å². The summed E-state index contributed by atoms with van der Waals surface area (Å²) in [4.78, 5) is 26.3. The molecular weight excluding hydrogens is 461 g/mol. The summed E-state index contributed by atoms with van der Waals surface area (Å²) in [6.07, 6.45) is 3.98. The number of methoxy groups -OCH3 is 1. The Kier molecular flexibility index (Phi) is 7.14. The molecule has 1 aromatic heterocycles. The van der Waals surface area contributed by atoms with Crippen LogP contribution in [0.25, 0.3) is 0 Å². The molecule has 0 aliphatic heterocycles. The number of esters is 1. The third kappa shape index (κ3) is 5.46. The van der Waals surface area contributed by atoms with Gasteiger partial charge >= 0.3 is 5.97 Å². The van der Waals surface area contributed by atoms with Gasteiger partial charge in [0.15, 0.2) is 0 Å². The van der Waals surface area contributed by atoms with Crippen LogP contribution in [0.15, 0.2) is 6.07 Å². The van der Waals surface area contributed by atoms with Crippen molar-refractivity contribution in [3.8, 4) is 11.8 Å². The first kappa shape index (κ1) is 21.2. The van der Waals surface area contributed by atoms with Gasteiger partial charge in [0.05, 0.1) is 40.5 Å². The maximum Gasteiger partial charge on any atom is 0.350 e. The number of carbonyl (C=O) groups is 2. The number of rotatable bonds is 3. The quantitative estimate of drug-likeness (QED) is 0.247. The number of carbonyl (C=O) groups excluding carboxylic acids is 2. The molecule has 0 radical (unpaired) electrons. The second kappa shape index (κ2) is 8.75. The Morgan fingerprint density at radius 1 is 1.27 bits per heavy atom. The highest BCUT2D eigenvalue weighted by atomic mass is 127. The number of amides is 1. The average Bonchev–Trinajstić information content (AvgIpc) is 3.02. The summed E-state index contributed by atoms with van der Waals surface area (Å²) in [5.41, 5.74) is 0.457. The van der Waals surface area contributed by atoms with Crippen LogP contribution in [-0.4, -0.2) is 19.0 Å². The van der Waals surface area contributed by atoms with E-state index in [9.17, 15) is 9.59 Å². The molecule has 2 rings (SSSR count). The molecule has 1 aliphatic carbocycles. The van der Waals surface area contributed by atoms with Gasteiger partial charge in [0.2, 0.25) is 5.91 Å². The van der Waals surface area contributed by atoms with Crippen molar-refractivity contribution >= 4 is 51.8 Å². The van der Waals surface area contributed by atoms with Gasteiger partial charge in [0, 0.05) is 11.3 Å². The van der Waals surface area contributed by atoms with Crippen molar-refractivity contribution in [2.24, 2.45) is 17.3 Å². The minimum Gasteiger partial charge on any atom is -0.465 e. The summed E-state index contributed by atoms with van der Waals surface area (Å²) < 4.78 is 6.49. The van der Waals surface area contributed by atoms with E-state index in [1.165, 1.54) is 18.4 Å². The lowest BCUT2D eigenvalue weighted by Gasteiger charge is -2.27. The van der Waals surface area contributed by atoms with Crippen molar-refractivity contribution in [3.05, 3.63) is 15.8 Å². The summed E-state index contributed by atoms with van der Waals surface area (Å²) in [6, 6.07) is 1.82. The van der Waals surface area contributed by atoms with E-state index in [-0.39, 0.29) is 17.2 Å². The van der Waals surface area contributed by atoms with Crippen molar-refractivity contribution in [3.63, 3.8) is 0 Å². The summed E-state index contributed by atoms with van der Waals surface area (Å²) in [6.45, 7) is 8.34. The lowest BCUT2D eigenvalue weighted by Crippen LogP contribution is -2.31. The Bertz CT molecular complexity index is 730. The van der Waals surface area contributed by atoms with Gasteiger partial charge in [-0.25, -0.2) is 4.79 Å². The summed E-state index contributed by atoms with van der Waals surface area (Å²) in [7, 11) is 1.36. The molecule has 0 N–H and O–H groups in total. The van der Waals surface area contributed by atoms with Crippen molar-refractivity contribution < 1.29 is 14.3 Å². The Balaban J connectivity index is 2.30. The molecule has 1 heterocycles. The maximum absolute atomic E-state index is 12.9. The monoisotopic (exact) mass is 487 g/mol. The van der Waals surface area contributed by atoms with Crippen LogP contribution in [0.2, 0.25) is 0 Å². The van der Waals surface area contributed by atoms with Gasteiger partial charge in [0.25, 0.3) is 0 Å². The molecule has 4 nitrogen and oxygen atoms in total. The average molecular weight is 487 g/mol. The molecule has 1 amide bonds. The second-order valence-electron chi connectivity index (χ2n) is 7.89. The van der Waals surface area contributed by atoms with Crippen molar-refractivity contribution in [1.29, 1.82) is 0 Å². The number of halogens is 1. The zero-order valence-corrected chi connectivity index (χ0v) is 19.0. The fourth-order valence-corrected chi connectivity index (χ4v) is 4.71. The molecule has 1 aliphatic rings. The largest absolute Gasteiger partial charge is 0.465 e. The van der Waals surface area contributed by atoms with E-state index in [0.717, 1.165) is 30.6 Å². The smallest absolute Gasteiger partial charge is 0.350 e. The van der Waals surface area contributed by atoms with Crippen LogP contribution in [0.3, 0.4) is 0 Å². The number of hydrogen-bond acceptors (Lipinski definition) is 4. The predicted molar refractivity (Wildman–Crippen MR) is 115 cm³/mol. The van der Waals surface area contributed by atoms with Gasteiger partial charge in [-0.3, -0.25) is 7.91 Å². The first-order valence-corrected chi connectivity index (χ1v) is 10.7. The molecule has 0 bridgehead atoms. The van der Waals surface area contributed by atoms with E-state index in [2.05, 4.69) is 18.8 Å². The van der Waals surface area contributed by atoms with E-state index in [4.69, 9.17) is 4.74 Å². The van der Waals surface area contributed by atoms with Crippen LogP contribution in [0.5, 0.6) is 0 Å². The molecule has 0 atom stereocenters. The summed E-state index contributed by atoms with van der Waals surface area (Å²) >= 11 is 3.29. The fraction of sp³-hybridized carbons (Fsp3) is 0.600. The molecule has 1 aromatic rings. The predicted octanol–water partition coefficient (Wildman–Crippen LogP) is 5.44. The van der Waals surface area contributed by atoms with Gasteiger partial charge in [0.1, 0.15) is 4.88 Å². The molecule has 0 unspecified atom stereocenters. The minimum atomic E-state index is -0.430. The van der Waals surface area contributed by atoms with Crippen LogP contribution >= 0.6 is 34.2 Å². The molecule has 6 heteroatoms. The third-order valence-corrected chi connectivity index (χ3v) is 6.43. The first-order chi connectivity index (χ1) is 12.1. The van der Waals surface area contributed by atoms with Crippen LogP contribution in [-0.2, 0) is 9.53 Å². The van der Waals surface area contributed by atoms with Crippen LogP contribution in [0.1, 0.15) is 67.9 Å². The molecule has 0 spiro atoms. The highest BCUT2D eigenvalue weighted by molar-refractivity contribution is 14.1. The Morgan fingerprint density at radius 2 is 1.88 bits per heavy atom. The molecule has 142 valence electrons. The molecule has 0 aromatic carbocycles. The van der Waals surface area contributed by atoms with Gasteiger partial charge in [-0.15, -0.1) is 11.3 Å². The summed E-state index contributed by atoms with van der Waals surface area (Å²) in [5.74, 6) is 6.65. The zero-order chi connectivity index (χ0) is 19.5. The van der Waals surface area contributed by atoms with Gasteiger partial charge in [-0.1, -0.05) is 18.8 Å². The van der Waals surface area contributed by atoms with Gasteiger partial charge in [-0.2, -0.15) is 0 Å². The lowest BCUT2D eigenvalue weighted by atomic mass is 9.82. The highest BCUT2D eigenvalue weighted by Crippen LogP contribution is 2.37. The molecule has 0 saturated heterocycles. The number of nitrogens with zero attached hydrogens (tertiary/aromatic N) is 1. The SMILES string of the molecule is COC(=O)c1sc(C#CC(C)(C)C)cc1N(I)C(=O)[C@H]1CC[C@H](C)CC1. The highest BCUT2D eigenvalue weighted by Gasteiger charge is 2.31. The maximum atomic E-state index is 12.9. The fourth-order valence-electron chi connectivity index (χ4n) is 2.86. The third-order valence-electron chi connectivity index (χ3n) is 4.41. The Morgan fingerprint density at radius 3 is 2.42 bits per heavy atom. The van der Waals surface area contributed by atoms with Crippen molar-refractivity contribution in [2.75, 3.05) is 10.2 Å². The first-order valence-electron chi connectivity index (χ1n) is 8.87. The summed E-state index contributed by atoms with van der Waals surface area (Å²) in [5, 5.41) is 0. The molecular formula is C20H26INO3S. The van der Waals surface area contributed by atoms with Crippen LogP contribution < -0.4 is 3.11 Å².